The highest BCUT2D eigenvalue weighted by Crippen LogP contribution is 2.43. The van der Waals surface area contributed by atoms with E-state index in [-0.39, 0.29) is 11.1 Å². The highest BCUT2D eigenvalue weighted by Gasteiger charge is 2.66. The maximum absolute atomic E-state index is 13.7. The third-order valence-electron chi connectivity index (χ3n) is 4.38. The molecule has 3 rings (SSSR count). The Balaban J connectivity index is 2.15. The van der Waals surface area contributed by atoms with Gasteiger partial charge in [0.05, 0.1) is 6.04 Å². The number of alkyl halides is 3. The van der Waals surface area contributed by atoms with Crippen LogP contribution in [0, 0.1) is 11.7 Å². The molecule has 1 saturated heterocycles. The van der Waals surface area contributed by atoms with Crippen LogP contribution in [0.15, 0.2) is 54.6 Å². The SMILES string of the molecule is O=C1N[C@@H](c2ccc(F)cc2)[C@@H](C(=O)c2ccccc2)[C@@](O)(C(F)(F)F)N1. The number of amides is 2. The van der Waals surface area contributed by atoms with Crippen molar-refractivity contribution in [3.8, 4) is 0 Å². The van der Waals surface area contributed by atoms with Crippen LogP contribution >= 0.6 is 0 Å². The lowest BCUT2D eigenvalue weighted by atomic mass is 9.77. The average Bonchev–Trinajstić information content (AvgIpc) is 2.61. The van der Waals surface area contributed by atoms with Crippen molar-refractivity contribution < 1.29 is 32.3 Å². The molecule has 0 radical (unpaired) electrons. The van der Waals surface area contributed by atoms with Gasteiger partial charge in [-0.25, -0.2) is 9.18 Å². The lowest BCUT2D eigenvalue weighted by molar-refractivity contribution is -0.287. The van der Waals surface area contributed by atoms with Crippen molar-refractivity contribution in [2.45, 2.75) is 17.9 Å². The number of carbonyl (C=O) groups is 2. The van der Waals surface area contributed by atoms with E-state index in [2.05, 4.69) is 5.32 Å². The maximum atomic E-state index is 13.7. The standard InChI is InChI=1S/C18H14F4N2O3/c19-12-8-6-10(7-9-12)14-13(15(25)11-4-2-1-3-5-11)17(27,18(20,21)22)24-16(26)23-14/h1-9,13-14,27H,(H2,23,24,26)/t13-,14-,17+/m0/s1. The first-order valence-corrected chi connectivity index (χ1v) is 7.86. The molecule has 2 aromatic carbocycles. The monoisotopic (exact) mass is 382 g/mol. The highest BCUT2D eigenvalue weighted by atomic mass is 19.4. The first-order chi connectivity index (χ1) is 12.6. The quantitative estimate of drug-likeness (QED) is 0.564. The molecule has 0 unspecified atom stereocenters. The van der Waals surface area contributed by atoms with E-state index < -0.39 is 41.5 Å². The van der Waals surface area contributed by atoms with Gasteiger partial charge >= 0.3 is 12.2 Å². The molecule has 9 heteroatoms. The van der Waals surface area contributed by atoms with Gasteiger partial charge in [-0.1, -0.05) is 42.5 Å². The van der Waals surface area contributed by atoms with E-state index in [4.69, 9.17) is 0 Å². The zero-order valence-corrected chi connectivity index (χ0v) is 13.6. The molecule has 1 fully saturated rings. The summed E-state index contributed by atoms with van der Waals surface area (Å²) in [5.74, 6) is -3.81. The van der Waals surface area contributed by atoms with Crippen LogP contribution in [0.2, 0.25) is 0 Å². The molecule has 0 aromatic heterocycles. The fourth-order valence-corrected chi connectivity index (χ4v) is 3.07. The number of nitrogens with one attached hydrogen (secondary N) is 2. The third-order valence-corrected chi connectivity index (χ3v) is 4.38. The Morgan fingerprint density at radius 3 is 2.19 bits per heavy atom. The number of aliphatic hydroxyl groups is 1. The number of hydrogen-bond donors (Lipinski definition) is 3. The number of rotatable bonds is 3. The van der Waals surface area contributed by atoms with Crippen molar-refractivity contribution in [3.05, 3.63) is 71.5 Å². The van der Waals surface area contributed by atoms with E-state index in [0.29, 0.717) is 0 Å². The van der Waals surface area contributed by atoms with E-state index >= 15 is 0 Å². The molecule has 0 spiro atoms. The van der Waals surface area contributed by atoms with E-state index in [1.165, 1.54) is 29.6 Å². The summed E-state index contributed by atoms with van der Waals surface area (Å²) in [5.41, 5.74) is -3.83. The molecule has 3 N–H and O–H groups in total. The Bertz CT molecular complexity index is 855. The lowest BCUT2D eigenvalue weighted by Gasteiger charge is -2.45. The fourth-order valence-electron chi connectivity index (χ4n) is 3.07. The van der Waals surface area contributed by atoms with Gasteiger partial charge < -0.3 is 15.7 Å². The first kappa shape index (κ1) is 18.8. The van der Waals surface area contributed by atoms with Gasteiger partial charge in [0, 0.05) is 5.56 Å². The van der Waals surface area contributed by atoms with Gasteiger partial charge in [-0.15, -0.1) is 0 Å². The van der Waals surface area contributed by atoms with E-state index in [1.54, 1.807) is 6.07 Å². The number of hydrogen-bond acceptors (Lipinski definition) is 3. The molecular weight excluding hydrogens is 368 g/mol. The van der Waals surface area contributed by atoms with Crippen molar-refractivity contribution >= 4 is 11.8 Å². The maximum Gasteiger partial charge on any atom is 0.437 e. The van der Waals surface area contributed by atoms with Gasteiger partial charge in [0.1, 0.15) is 11.7 Å². The van der Waals surface area contributed by atoms with Crippen LogP contribution in [0.25, 0.3) is 0 Å². The Morgan fingerprint density at radius 2 is 1.63 bits per heavy atom. The molecule has 3 atom stereocenters. The van der Waals surface area contributed by atoms with E-state index in [1.807, 2.05) is 0 Å². The number of carbonyl (C=O) groups excluding carboxylic acids is 2. The molecule has 27 heavy (non-hydrogen) atoms. The topological polar surface area (TPSA) is 78.4 Å². The zero-order chi connectivity index (χ0) is 19.8. The van der Waals surface area contributed by atoms with Crippen LogP contribution in [0.4, 0.5) is 22.4 Å². The largest absolute Gasteiger partial charge is 0.437 e. The molecule has 5 nitrogen and oxygen atoms in total. The summed E-state index contributed by atoms with van der Waals surface area (Å²) >= 11 is 0. The van der Waals surface area contributed by atoms with Gasteiger partial charge in [-0.05, 0) is 17.7 Å². The van der Waals surface area contributed by atoms with Gasteiger partial charge in [0.15, 0.2) is 5.78 Å². The van der Waals surface area contributed by atoms with Crippen LogP contribution in [0.5, 0.6) is 0 Å². The smallest absolute Gasteiger partial charge is 0.363 e. The second-order valence-electron chi connectivity index (χ2n) is 6.10. The second-order valence-corrected chi connectivity index (χ2v) is 6.10. The van der Waals surface area contributed by atoms with Gasteiger partial charge in [-0.2, -0.15) is 13.2 Å². The molecule has 142 valence electrons. The number of ketones is 1. The summed E-state index contributed by atoms with van der Waals surface area (Å²) < 4.78 is 54.2. The van der Waals surface area contributed by atoms with Crippen molar-refractivity contribution in [1.29, 1.82) is 0 Å². The Morgan fingerprint density at radius 1 is 1.04 bits per heavy atom. The highest BCUT2D eigenvalue weighted by molar-refractivity contribution is 6.00. The molecule has 2 aromatic rings. The summed E-state index contributed by atoms with van der Waals surface area (Å²) in [4.78, 5) is 24.7. The molecule has 1 heterocycles. The number of urea groups is 1. The average molecular weight is 382 g/mol. The molecule has 0 aliphatic carbocycles. The van der Waals surface area contributed by atoms with Crippen LogP contribution in [-0.4, -0.2) is 28.8 Å². The summed E-state index contributed by atoms with van der Waals surface area (Å²) in [6.45, 7) is 0. The summed E-state index contributed by atoms with van der Waals surface area (Å²) in [6, 6.07) is 8.53. The van der Waals surface area contributed by atoms with Crippen molar-refractivity contribution in [1.82, 2.24) is 10.6 Å². The molecule has 2 amide bonds. The minimum atomic E-state index is -5.34. The number of halogens is 4. The second kappa shape index (κ2) is 6.66. The van der Waals surface area contributed by atoms with Crippen molar-refractivity contribution in [2.24, 2.45) is 5.92 Å². The van der Waals surface area contributed by atoms with Crippen LogP contribution in [-0.2, 0) is 0 Å². The Kier molecular flexibility index (Phi) is 4.64. The van der Waals surface area contributed by atoms with Gasteiger partial charge in [0.2, 0.25) is 5.72 Å². The Labute approximate surface area is 151 Å². The number of Topliss-reactive ketones (excluding diaryl/α,β-unsaturated/α-hetero) is 1. The summed E-state index contributed by atoms with van der Waals surface area (Å²) in [7, 11) is 0. The van der Waals surface area contributed by atoms with Gasteiger partial charge in [0.25, 0.3) is 0 Å². The molecule has 1 aliphatic heterocycles. The first-order valence-electron chi connectivity index (χ1n) is 7.86. The molecular formula is C18H14F4N2O3. The van der Waals surface area contributed by atoms with E-state index in [0.717, 1.165) is 24.3 Å². The minimum absolute atomic E-state index is 0.0446. The Hall–Kier alpha value is -2.94. The van der Waals surface area contributed by atoms with Crippen LogP contribution < -0.4 is 10.6 Å². The minimum Gasteiger partial charge on any atom is -0.363 e. The van der Waals surface area contributed by atoms with Crippen molar-refractivity contribution in [3.63, 3.8) is 0 Å². The van der Waals surface area contributed by atoms with E-state index in [9.17, 15) is 32.3 Å². The lowest BCUT2D eigenvalue weighted by Crippen LogP contribution is -2.72. The predicted octanol–water partition coefficient (Wildman–Crippen LogP) is 2.93. The molecule has 0 bridgehead atoms. The van der Waals surface area contributed by atoms with Crippen LogP contribution in [0.3, 0.4) is 0 Å². The molecule has 1 aliphatic rings. The van der Waals surface area contributed by atoms with Crippen LogP contribution in [0.1, 0.15) is 22.0 Å². The number of benzene rings is 2. The molecule has 0 saturated carbocycles. The predicted molar refractivity (Wildman–Crippen MR) is 86.1 cm³/mol. The third kappa shape index (κ3) is 3.37. The van der Waals surface area contributed by atoms with Gasteiger partial charge in [-0.3, -0.25) is 4.79 Å². The summed E-state index contributed by atoms with van der Waals surface area (Å²) in [6.07, 6.45) is -5.34. The van der Waals surface area contributed by atoms with Crippen molar-refractivity contribution in [2.75, 3.05) is 0 Å². The normalized spacial score (nSPS) is 25.4. The fraction of sp³-hybridized carbons (Fsp3) is 0.222. The zero-order valence-electron chi connectivity index (χ0n) is 13.6. The summed E-state index contributed by atoms with van der Waals surface area (Å²) in [5, 5.41) is 14.0.